The summed E-state index contributed by atoms with van der Waals surface area (Å²) >= 11 is 3.54. The smallest absolute Gasteiger partial charge is 0.335 e. The number of ether oxygens (including phenoxy) is 2. The molecule has 0 aliphatic heterocycles. The summed E-state index contributed by atoms with van der Waals surface area (Å²) in [6.07, 6.45) is 1.72. The van der Waals surface area contributed by atoms with Crippen LogP contribution in [0.25, 0.3) is 11.6 Å². The first-order chi connectivity index (χ1) is 14.9. The Morgan fingerprint density at radius 2 is 1.74 bits per heavy atom. The van der Waals surface area contributed by atoms with Gasteiger partial charge in [-0.15, -0.1) is 0 Å². The van der Waals surface area contributed by atoms with Crippen LogP contribution in [0.1, 0.15) is 32.6 Å². The minimum atomic E-state index is -1.01. The number of benzene rings is 3. The van der Waals surface area contributed by atoms with E-state index < -0.39 is 5.97 Å². The molecule has 0 spiro atoms. The number of carbonyl (C=O) groups is 1. The van der Waals surface area contributed by atoms with E-state index in [9.17, 15) is 10.1 Å². The van der Waals surface area contributed by atoms with E-state index in [1.807, 2.05) is 37.3 Å². The summed E-state index contributed by atoms with van der Waals surface area (Å²) < 4.78 is 12.2. The number of carboxylic acids is 1. The van der Waals surface area contributed by atoms with Gasteiger partial charge >= 0.3 is 5.97 Å². The highest BCUT2D eigenvalue weighted by Gasteiger charge is 2.13. The summed E-state index contributed by atoms with van der Waals surface area (Å²) in [4.78, 5) is 11.0. The van der Waals surface area contributed by atoms with Gasteiger partial charge in [-0.05, 0) is 69.9 Å². The Kier molecular flexibility index (Phi) is 7.11. The maximum Gasteiger partial charge on any atom is 0.335 e. The lowest BCUT2D eigenvalue weighted by atomic mass is 10.0. The molecular weight excluding hydrogens is 458 g/mol. The van der Waals surface area contributed by atoms with Crippen molar-refractivity contribution in [3.05, 3.63) is 93.0 Å². The van der Waals surface area contributed by atoms with Crippen molar-refractivity contribution < 1.29 is 19.4 Å². The number of carboxylic acid groups (broad SMARTS) is 1. The first-order valence-corrected chi connectivity index (χ1v) is 10.2. The van der Waals surface area contributed by atoms with Crippen LogP contribution in [0.3, 0.4) is 0 Å². The van der Waals surface area contributed by atoms with Crippen molar-refractivity contribution in [3.63, 3.8) is 0 Å². The number of hydrogen-bond donors (Lipinski definition) is 1. The molecule has 0 aromatic heterocycles. The SMILES string of the molecule is COc1cc(C=C(C#N)c2ccc(C(=O)O)cc2)cc(Br)c1OCc1ccc(C)cc1. The van der Waals surface area contributed by atoms with Gasteiger partial charge in [0.1, 0.15) is 6.61 Å². The lowest BCUT2D eigenvalue weighted by Crippen LogP contribution is -1.99. The van der Waals surface area contributed by atoms with Crippen molar-refractivity contribution in [3.8, 4) is 17.6 Å². The summed E-state index contributed by atoms with van der Waals surface area (Å²) in [7, 11) is 1.56. The lowest BCUT2D eigenvalue weighted by Gasteiger charge is -2.14. The van der Waals surface area contributed by atoms with Crippen LogP contribution in [-0.2, 0) is 6.61 Å². The Bertz CT molecular complexity index is 1160. The van der Waals surface area contributed by atoms with Crippen LogP contribution in [0.2, 0.25) is 0 Å². The average molecular weight is 478 g/mol. The zero-order valence-electron chi connectivity index (χ0n) is 17.1. The monoisotopic (exact) mass is 477 g/mol. The third kappa shape index (κ3) is 5.53. The molecule has 0 aliphatic carbocycles. The van der Waals surface area contributed by atoms with E-state index in [4.69, 9.17) is 14.6 Å². The highest BCUT2D eigenvalue weighted by atomic mass is 79.9. The zero-order chi connectivity index (χ0) is 22.4. The van der Waals surface area contributed by atoms with Gasteiger partial charge in [-0.1, -0.05) is 42.0 Å². The normalized spacial score (nSPS) is 11.0. The minimum absolute atomic E-state index is 0.167. The number of aromatic carboxylic acids is 1. The molecule has 0 aliphatic rings. The molecule has 0 atom stereocenters. The molecule has 0 heterocycles. The first kappa shape index (κ1) is 22.1. The predicted molar refractivity (Wildman–Crippen MR) is 123 cm³/mol. The van der Waals surface area contributed by atoms with Gasteiger partial charge in [-0.25, -0.2) is 4.79 Å². The Hall–Kier alpha value is -3.56. The molecule has 0 bridgehead atoms. The highest BCUT2D eigenvalue weighted by Crippen LogP contribution is 2.38. The highest BCUT2D eigenvalue weighted by molar-refractivity contribution is 9.10. The molecule has 31 heavy (non-hydrogen) atoms. The molecule has 0 amide bonds. The second kappa shape index (κ2) is 9.96. The van der Waals surface area contributed by atoms with Crippen molar-refractivity contribution >= 4 is 33.5 Å². The van der Waals surface area contributed by atoms with Gasteiger partial charge in [-0.3, -0.25) is 0 Å². The van der Waals surface area contributed by atoms with Gasteiger partial charge < -0.3 is 14.6 Å². The second-order valence-corrected chi connectivity index (χ2v) is 7.72. The van der Waals surface area contributed by atoms with Crippen molar-refractivity contribution in [2.45, 2.75) is 13.5 Å². The number of allylic oxidation sites excluding steroid dienone is 1. The van der Waals surface area contributed by atoms with E-state index in [1.165, 1.54) is 17.7 Å². The van der Waals surface area contributed by atoms with E-state index in [0.29, 0.717) is 33.7 Å². The fraction of sp³-hybridized carbons (Fsp3) is 0.120. The molecule has 0 radical (unpaired) electrons. The number of methoxy groups -OCH3 is 1. The third-order valence-corrected chi connectivity index (χ3v) is 5.22. The van der Waals surface area contributed by atoms with Crippen molar-refractivity contribution in [2.75, 3.05) is 7.11 Å². The van der Waals surface area contributed by atoms with Gasteiger partial charge in [0.25, 0.3) is 0 Å². The maximum absolute atomic E-state index is 11.0. The summed E-state index contributed by atoms with van der Waals surface area (Å²) in [6, 6.07) is 20.1. The van der Waals surface area contributed by atoms with Gasteiger partial charge in [0, 0.05) is 0 Å². The van der Waals surface area contributed by atoms with Crippen LogP contribution in [0.4, 0.5) is 0 Å². The maximum atomic E-state index is 11.0. The van der Waals surface area contributed by atoms with Gasteiger partial charge in [-0.2, -0.15) is 5.26 Å². The van der Waals surface area contributed by atoms with E-state index in [2.05, 4.69) is 22.0 Å². The molecule has 0 fully saturated rings. The number of aryl methyl sites for hydroxylation is 1. The summed E-state index contributed by atoms with van der Waals surface area (Å²) in [5.41, 5.74) is 4.16. The van der Waals surface area contributed by atoms with Crippen LogP contribution in [0.5, 0.6) is 11.5 Å². The Balaban J connectivity index is 1.87. The molecule has 0 unspecified atom stereocenters. The van der Waals surface area contributed by atoms with Gasteiger partial charge in [0.05, 0.1) is 28.8 Å². The topological polar surface area (TPSA) is 79.5 Å². The molecule has 3 aromatic carbocycles. The quantitative estimate of drug-likeness (QED) is 0.328. The van der Waals surface area contributed by atoms with Crippen molar-refractivity contribution in [2.24, 2.45) is 0 Å². The van der Waals surface area contributed by atoms with E-state index in [-0.39, 0.29) is 5.56 Å². The molecular formula is C25H20BrNO4. The largest absolute Gasteiger partial charge is 0.493 e. The van der Waals surface area contributed by atoms with Crippen LogP contribution in [-0.4, -0.2) is 18.2 Å². The van der Waals surface area contributed by atoms with Crippen LogP contribution >= 0.6 is 15.9 Å². The molecule has 0 saturated heterocycles. The molecule has 5 nitrogen and oxygen atoms in total. The van der Waals surface area contributed by atoms with E-state index >= 15 is 0 Å². The zero-order valence-corrected chi connectivity index (χ0v) is 18.6. The van der Waals surface area contributed by atoms with Crippen LogP contribution in [0.15, 0.2) is 65.1 Å². The summed E-state index contributed by atoms with van der Waals surface area (Å²) in [6.45, 7) is 2.43. The number of halogens is 1. The first-order valence-electron chi connectivity index (χ1n) is 9.42. The molecule has 0 saturated carbocycles. The van der Waals surface area contributed by atoms with E-state index in [0.717, 1.165) is 11.1 Å². The lowest BCUT2D eigenvalue weighted by molar-refractivity contribution is 0.0697. The van der Waals surface area contributed by atoms with Crippen molar-refractivity contribution in [1.29, 1.82) is 5.26 Å². The molecule has 1 N–H and O–H groups in total. The van der Waals surface area contributed by atoms with Crippen LogP contribution in [0, 0.1) is 18.3 Å². The van der Waals surface area contributed by atoms with E-state index in [1.54, 1.807) is 31.4 Å². The summed E-state index contributed by atoms with van der Waals surface area (Å²) in [5.74, 6) is 0.0970. The summed E-state index contributed by atoms with van der Waals surface area (Å²) in [5, 5.41) is 18.6. The minimum Gasteiger partial charge on any atom is -0.493 e. The number of nitriles is 1. The average Bonchev–Trinajstić information content (AvgIpc) is 2.77. The number of hydrogen-bond acceptors (Lipinski definition) is 4. The van der Waals surface area contributed by atoms with Gasteiger partial charge in [0.15, 0.2) is 11.5 Å². The Morgan fingerprint density at radius 1 is 1.10 bits per heavy atom. The molecule has 156 valence electrons. The Morgan fingerprint density at radius 3 is 2.32 bits per heavy atom. The molecule has 3 aromatic rings. The predicted octanol–water partition coefficient (Wildman–Crippen LogP) is 6.11. The second-order valence-electron chi connectivity index (χ2n) is 6.86. The number of nitrogens with zero attached hydrogens (tertiary/aromatic N) is 1. The molecule has 6 heteroatoms. The third-order valence-electron chi connectivity index (χ3n) is 4.63. The fourth-order valence-electron chi connectivity index (χ4n) is 2.94. The standard InChI is InChI=1S/C25H20BrNO4/c1-16-3-5-17(6-4-16)15-31-24-22(26)12-18(13-23(24)30-2)11-21(14-27)19-7-9-20(10-8-19)25(28)29/h3-13H,15H2,1-2H3,(H,28,29). The fourth-order valence-corrected chi connectivity index (χ4v) is 3.52. The van der Waals surface area contributed by atoms with Crippen molar-refractivity contribution in [1.82, 2.24) is 0 Å². The number of rotatable bonds is 7. The Labute approximate surface area is 189 Å². The molecule has 3 rings (SSSR count). The van der Waals surface area contributed by atoms with Gasteiger partial charge in [0.2, 0.25) is 0 Å². The van der Waals surface area contributed by atoms with Crippen LogP contribution < -0.4 is 9.47 Å².